The van der Waals surface area contributed by atoms with Crippen LogP contribution in [-0.2, 0) is 17.8 Å². The average Bonchev–Trinajstić information content (AvgIpc) is 3.24. The molecule has 2 N–H and O–H groups in total. The molecule has 0 spiro atoms. The van der Waals surface area contributed by atoms with E-state index in [1.165, 1.54) is 5.56 Å². The van der Waals surface area contributed by atoms with E-state index in [0.717, 1.165) is 44.0 Å². The van der Waals surface area contributed by atoms with Gasteiger partial charge in [0.15, 0.2) is 0 Å². The fraction of sp³-hybridized carbons (Fsp3) is 0.273. The van der Waals surface area contributed by atoms with Crippen LogP contribution in [0.15, 0.2) is 54.7 Å². The summed E-state index contributed by atoms with van der Waals surface area (Å²) in [5.41, 5.74) is 4.37. The molecule has 6 nitrogen and oxygen atoms in total. The number of nitrogens with one attached hydrogen (secondary N) is 2. The average molecular weight is 411 g/mol. The summed E-state index contributed by atoms with van der Waals surface area (Å²) in [4.78, 5) is 15.1. The first-order valence-electron chi connectivity index (χ1n) is 9.64. The van der Waals surface area contributed by atoms with Crippen molar-refractivity contribution in [2.75, 3.05) is 26.3 Å². The van der Waals surface area contributed by atoms with Gasteiger partial charge in [0.25, 0.3) is 5.91 Å². The summed E-state index contributed by atoms with van der Waals surface area (Å²) in [6, 6.07) is 15.6. The van der Waals surface area contributed by atoms with E-state index < -0.39 is 0 Å². The van der Waals surface area contributed by atoms with Crippen molar-refractivity contribution in [3.05, 3.63) is 76.4 Å². The van der Waals surface area contributed by atoms with Gasteiger partial charge in [0.1, 0.15) is 0 Å². The number of ether oxygens (including phenoxy) is 1. The molecule has 0 atom stereocenters. The third-order valence-corrected chi connectivity index (χ3v) is 5.22. The van der Waals surface area contributed by atoms with Crippen molar-refractivity contribution in [1.82, 2.24) is 20.4 Å². The highest BCUT2D eigenvalue weighted by atomic mass is 35.5. The van der Waals surface area contributed by atoms with E-state index in [1.54, 1.807) is 18.3 Å². The van der Waals surface area contributed by atoms with Crippen molar-refractivity contribution in [3.8, 4) is 11.3 Å². The van der Waals surface area contributed by atoms with Crippen molar-refractivity contribution >= 4 is 17.5 Å². The van der Waals surface area contributed by atoms with E-state index in [-0.39, 0.29) is 5.91 Å². The maximum Gasteiger partial charge on any atom is 0.255 e. The van der Waals surface area contributed by atoms with Gasteiger partial charge in [0.2, 0.25) is 0 Å². The van der Waals surface area contributed by atoms with Crippen LogP contribution in [0.3, 0.4) is 0 Å². The Morgan fingerprint density at radius 3 is 2.69 bits per heavy atom. The minimum absolute atomic E-state index is 0.165. The number of benzene rings is 2. The number of hydrogen-bond donors (Lipinski definition) is 2. The molecule has 0 aliphatic carbocycles. The smallest absolute Gasteiger partial charge is 0.255 e. The van der Waals surface area contributed by atoms with Crippen molar-refractivity contribution in [2.24, 2.45) is 0 Å². The number of aromatic nitrogens is 2. The third kappa shape index (κ3) is 5.03. The molecule has 7 heteroatoms. The molecule has 1 aromatic heterocycles. The Morgan fingerprint density at radius 2 is 1.90 bits per heavy atom. The zero-order valence-corrected chi connectivity index (χ0v) is 16.8. The second-order valence-corrected chi connectivity index (χ2v) is 7.49. The molecule has 1 aliphatic heterocycles. The lowest BCUT2D eigenvalue weighted by Gasteiger charge is -2.26. The lowest BCUT2D eigenvalue weighted by molar-refractivity contribution is 0.0342. The SMILES string of the molecule is O=C(NCc1cccc(CN2CCOCC2)c1)c1cn[nH]c1-c1ccc(Cl)cc1. The lowest BCUT2D eigenvalue weighted by Crippen LogP contribution is -2.35. The van der Waals surface area contributed by atoms with Crippen LogP contribution < -0.4 is 5.32 Å². The Bertz CT molecular complexity index is 965. The van der Waals surface area contributed by atoms with Crippen LogP contribution in [0.2, 0.25) is 5.02 Å². The number of rotatable bonds is 6. The molecule has 0 saturated carbocycles. The van der Waals surface area contributed by atoms with Crippen LogP contribution in [-0.4, -0.2) is 47.3 Å². The molecule has 2 heterocycles. The maximum atomic E-state index is 12.7. The normalized spacial score (nSPS) is 14.7. The molecule has 4 rings (SSSR count). The molecule has 1 amide bonds. The van der Waals surface area contributed by atoms with Gasteiger partial charge in [-0.05, 0) is 23.3 Å². The minimum Gasteiger partial charge on any atom is -0.379 e. The number of nitrogens with zero attached hydrogens (tertiary/aromatic N) is 2. The van der Waals surface area contributed by atoms with E-state index >= 15 is 0 Å². The van der Waals surface area contributed by atoms with Crippen LogP contribution in [0.25, 0.3) is 11.3 Å². The van der Waals surface area contributed by atoms with Crippen LogP contribution in [0.5, 0.6) is 0 Å². The van der Waals surface area contributed by atoms with E-state index in [1.807, 2.05) is 24.3 Å². The number of halogens is 1. The quantitative estimate of drug-likeness (QED) is 0.652. The highest BCUT2D eigenvalue weighted by Crippen LogP contribution is 2.23. The number of carbonyl (C=O) groups is 1. The molecule has 1 aliphatic rings. The molecule has 0 bridgehead atoms. The van der Waals surface area contributed by atoms with Gasteiger partial charge in [-0.15, -0.1) is 0 Å². The van der Waals surface area contributed by atoms with Gasteiger partial charge in [0, 0.05) is 36.8 Å². The molecule has 29 heavy (non-hydrogen) atoms. The monoisotopic (exact) mass is 410 g/mol. The zero-order valence-electron chi connectivity index (χ0n) is 16.0. The number of H-pyrrole nitrogens is 1. The van der Waals surface area contributed by atoms with Gasteiger partial charge < -0.3 is 10.1 Å². The predicted molar refractivity (Wildman–Crippen MR) is 113 cm³/mol. The minimum atomic E-state index is -0.165. The molecule has 2 aromatic carbocycles. The van der Waals surface area contributed by atoms with Gasteiger partial charge in [0.05, 0.1) is 30.7 Å². The van der Waals surface area contributed by atoms with Gasteiger partial charge in [-0.1, -0.05) is 48.0 Å². The van der Waals surface area contributed by atoms with E-state index in [2.05, 4.69) is 32.5 Å². The van der Waals surface area contributed by atoms with Crippen molar-refractivity contribution in [1.29, 1.82) is 0 Å². The summed E-state index contributed by atoms with van der Waals surface area (Å²) < 4.78 is 5.41. The molecule has 0 radical (unpaired) electrons. The zero-order chi connectivity index (χ0) is 20.1. The highest BCUT2D eigenvalue weighted by molar-refractivity contribution is 6.30. The highest BCUT2D eigenvalue weighted by Gasteiger charge is 2.15. The van der Waals surface area contributed by atoms with E-state index in [9.17, 15) is 4.79 Å². The fourth-order valence-corrected chi connectivity index (χ4v) is 3.55. The number of hydrogen-bond acceptors (Lipinski definition) is 4. The first-order valence-corrected chi connectivity index (χ1v) is 10.0. The second kappa shape index (κ2) is 9.22. The fourth-order valence-electron chi connectivity index (χ4n) is 3.43. The Balaban J connectivity index is 1.39. The molecule has 3 aromatic rings. The number of carbonyl (C=O) groups excluding carboxylic acids is 1. The molecule has 1 fully saturated rings. The van der Waals surface area contributed by atoms with Crippen LogP contribution in [0, 0.1) is 0 Å². The summed E-state index contributed by atoms with van der Waals surface area (Å²) in [6.07, 6.45) is 1.55. The Labute approximate surface area is 174 Å². The number of morpholine rings is 1. The summed E-state index contributed by atoms with van der Waals surface area (Å²) in [7, 11) is 0. The Kier molecular flexibility index (Phi) is 6.24. The number of aromatic amines is 1. The molecular weight excluding hydrogens is 388 g/mol. The first kappa shape index (κ1) is 19.6. The van der Waals surface area contributed by atoms with Crippen LogP contribution in [0.4, 0.5) is 0 Å². The van der Waals surface area contributed by atoms with Gasteiger partial charge in [-0.2, -0.15) is 5.10 Å². The topological polar surface area (TPSA) is 70.2 Å². The van der Waals surface area contributed by atoms with Crippen molar-refractivity contribution in [2.45, 2.75) is 13.1 Å². The molecule has 150 valence electrons. The van der Waals surface area contributed by atoms with Crippen LogP contribution in [0.1, 0.15) is 21.5 Å². The summed E-state index contributed by atoms with van der Waals surface area (Å²) >= 11 is 5.95. The lowest BCUT2D eigenvalue weighted by atomic mass is 10.1. The second-order valence-electron chi connectivity index (χ2n) is 7.06. The molecule has 1 saturated heterocycles. The molecule has 0 unspecified atom stereocenters. The Hall–Kier alpha value is -2.67. The first-order chi connectivity index (χ1) is 14.2. The van der Waals surface area contributed by atoms with E-state index in [4.69, 9.17) is 16.3 Å². The number of amides is 1. The Morgan fingerprint density at radius 1 is 1.14 bits per heavy atom. The standard InChI is InChI=1S/C22H23ClN4O2/c23-19-6-4-18(5-7-19)21-20(14-25-26-21)22(28)24-13-16-2-1-3-17(12-16)15-27-8-10-29-11-9-27/h1-7,12,14H,8-11,13,15H2,(H,24,28)(H,25,26). The largest absolute Gasteiger partial charge is 0.379 e. The van der Waals surface area contributed by atoms with Gasteiger partial charge in [-0.3, -0.25) is 14.8 Å². The van der Waals surface area contributed by atoms with Crippen molar-refractivity contribution in [3.63, 3.8) is 0 Å². The van der Waals surface area contributed by atoms with Crippen molar-refractivity contribution < 1.29 is 9.53 Å². The third-order valence-electron chi connectivity index (χ3n) is 4.97. The molecular formula is C22H23ClN4O2. The maximum absolute atomic E-state index is 12.7. The summed E-state index contributed by atoms with van der Waals surface area (Å²) in [5, 5.41) is 10.6. The van der Waals surface area contributed by atoms with Crippen LogP contribution >= 0.6 is 11.6 Å². The van der Waals surface area contributed by atoms with Gasteiger partial charge >= 0.3 is 0 Å². The summed E-state index contributed by atoms with van der Waals surface area (Å²) in [5.74, 6) is -0.165. The predicted octanol–water partition coefficient (Wildman–Crippen LogP) is 3.49. The summed E-state index contributed by atoms with van der Waals surface area (Å²) in [6.45, 7) is 4.84. The van der Waals surface area contributed by atoms with Gasteiger partial charge in [-0.25, -0.2) is 0 Å². The van der Waals surface area contributed by atoms with E-state index in [0.29, 0.717) is 22.8 Å².